The summed E-state index contributed by atoms with van der Waals surface area (Å²) in [7, 11) is 2.18. The maximum absolute atomic E-state index is 9.85. The van der Waals surface area contributed by atoms with Gasteiger partial charge in [-0.05, 0) is 25.5 Å². The fourth-order valence-electron chi connectivity index (χ4n) is 3.37. The van der Waals surface area contributed by atoms with Crippen molar-refractivity contribution >= 4 is 0 Å². The van der Waals surface area contributed by atoms with Crippen molar-refractivity contribution in [2.45, 2.75) is 45.1 Å². The van der Waals surface area contributed by atoms with Crippen molar-refractivity contribution in [3.63, 3.8) is 0 Å². The zero-order valence-corrected chi connectivity index (χ0v) is 12.1. The highest BCUT2D eigenvalue weighted by molar-refractivity contribution is 5.14. The van der Waals surface area contributed by atoms with Gasteiger partial charge in [-0.1, -0.05) is 56.0 Å². The quantitative estimate of drug-likeness (QED) is 0.821. The summed E-state index contributed by atoms with van der Waals surface area (Å²) in [6.45, 7) is 2.33. The minimum Gasteiger partial charge on any atom is -0.396 e. The van der Waals surface area contributed by atoms with Crippen LogP contribution in [-0.4, -0.2) is 30.2 Å². The molecule has 0 aromatic heterocycles. The summed E-state index contributed by atoms with van der Waals surface area (Å²) in [6.07, 6.45) is 7.60. The zero-order chi connectivity index (χ0) is 13.6. The molecule has 1 fully saturated rings. The Morgan fingerprint density at radius 2 is 1.68 bits per heavy atom. The molecule has 2 heteroatoms. The number of aliphatic hydroxyl groups excluding tert-OH is 1. The SMILES string of the molecule is CN(Cc1ccccc1)CC1(CO)CCCCCC1. The Bertz CT molecular complexity index is 355. The number of benzene rings is 1. The van der Waals surface area contributed by atoms with Gasteiger partial charge in [-0.2, -0.15) is 0 Å². The van der Waals surface area contributed by atoms with Crippen LogP contribution < -0.4 is 0 Å². The third-order valence-corrected chi connectivity index (χ3v) is 4.40. The number of rotatable bonds is 5. The van der Waals surface area contributed by atoms with Gasteiger partial charge in [-0.25, -0.2) is 0 Å². The van der Waals surface area contributed by atoms with Crippen molar-refractivity contribution in [1.29, 1.82) is 0 Å². The predicted molar refractivity (Wildman–Crippen MR) is 80.0 cm³/mol. The van der Waals surface area contributed by atoms with Gasteiger partial charge in [-0.15, -0.1) is 0 Å². The fourth-order valence-corrected chi connectivity index (χ4v) is 3.37. The van der Waals surface area contributed by atoms with E-state index >= 15 is 0 Å². The van der Waals surface area contributed by atoms with Crippen molar-refractivity contribution < 1.29 is 5.11 Å². The van der Waals surface area contributed by atoms with Crippen molar-refractivity contribution in [2.24, 2.45) is 5.41 Å². The van der Waals surface area contributed by atoms with Gasteiger partial charge in [0.25, 0.3) is 0 Å². The summed E-state index contributed by atoms with van der Waals surface area (Å²) in [6, 6.07) is 10.6. The molecule has 0 radical (unpaired) electrons. The summed E-state index contributed by atoms with van der Waals surface area (Å²) in [5.41, 5.74) is 1.49. The van der Waals surface area contributed by atoms with E-state index in [1.807, 2.05) is 0 Å². The molecule has 0 unspecified atom stereocenters. The zero-order valence-electron chi connectivity index (χ0n) is 12.1. The van der Waals surface area contributed by atoms with Gasteiger partial charge < -0.3 is 10.0 Å². The maximum Gasteiger partial charge on any atom is 0.0499 e. The number of aliphatic hydroxyl groups is 1. The van der Waals surface area contributed by atoms with E-state index in [0.29, 0.717) is 6.61 Å². The molecule has 0 spiro atoms. The molecule has 1 N–H and O–H groups in total. The highest BCUT2D eigenvalue weighted by atomic mass is 16.3. The van der Waals surface area contributed by atoms with Crippen LogP contribution in [-0.2, 0) is 6.54 Å². The average Bonchev–Trinajstić information content (AvgIpc) is 2.66. The third kappa shape index (κ3) is 4.32. The van der Waals surface area contributed by atoms with Crippen LogP contribution in [0.5, 0.6) is 0 Å². The molecule has 1 aromatic carbocycles. The Morgan fingerprint density at radius 1 is 1.05 bits per heavy atom. The largest absolute Gasteiger partial charge is 0.396 e. The van der Waals surface area contributed by atoms with E-state index in [1.165, 1.54) is 44.1 Å². The van der Waals surface area contributed by atoms with Crippen LogP contribution in [0.2, 0.25) is 0 Å². The van der Waals surface area contributed by atoms with E-state index in [2.05, 4.69) is 42.3 Å². The molecule has 0 aliphatic heterocycles. The van der Waals surface area contributed by atoms with Gasteiger partial charge in [0, 0.05) is 25.1 Å². The first-order valence-corrected chi connectivity index (χ1v) is 7.57. The Labute approximate surface area is 117 Å². The van der Waals surface area contributed by atoms with Crippen LogP contribution in [0.4, 0.5) is 0 Å². The van der Waals surface area contributed by atoms with Crippen molar-refractivity contribution in [2.75, 3.05) is 20.2 Å². The van der Waals surface area contributed by atoms with Crippen LogP contribution in [0.1, 0.15) is 44.1 Å². The van der Waals surface area contributed by atoms with E-state index in [4.69, 9.17) is 0 Å². The van der Waals surface area contributed by atoms with E-state index < -0.39 is 0 Å². The summed E-state index contributed by atoms with van der Waals surface area (Å²) >= 11 is 0. The van der Waals surface area contributed by atoms with Gasteiger partial charge >= 0.3 is 0 Å². The molecule has 0 heterocycles. The minimum atomic E-state index is 0.139. The van der Waals surface area contributed by atoms with E-state index in [9.17, 15) is 5.11 Å². The minimum absolute atomic E-state index is 0.139. The second-order valence-electron chi connectivity index (χ2n) is 6.23. The van der Waals surface area contributed by atoms with Crippen LogP contribution in [0.15, 0.2) is 30.3 Å². The summed E-state index contributed by atoms with van der Waals surface area (Å²) in [5.74, 6) is 0. The molecule has 0 atom stereocenters. The van der Waals surface area contributed by atoms with Crippen molar-refractivity contribution in [1.82, 2.24) is 4.90 Å². The van der Waals surface area contributed by atoms with Gasteiger partial charge in [0.1, 0.15) is 0 Å². The van der Waals surface area contributed by atoms with Crippen LogP contribution in [0, 0.1) is 5.41 Å². The molecular formula is C17H27NO. The molecule has 0 amide bonds. The second kappa shape index (κ2) is 7.06. The molecular weight excluding hydrogens is 234 g/mol. The summed E-state index contributed by atoms with van der Waals surface area (Å²) < 4.78 is 0. The molecule has 1 aromatic rings. The molecule has 1 aliphatic carbocycles. The Hall–Kier alpha value is -0.860. The molecule has 0 bridgehead atoms. The first kappa shape index (κ1) is 14.5. The predicted octanol–water partition coefficient (Wildman–Crippen LogP) is 3.45. The van der Waals surface area contributed by atoms with Crippen molar-refractivity contribution in [3.05, 3.63) is 35.9 Å². The number of nitrogens with zero attached hydrogens (tertiary/aromatic N) is 1. The lowest BCUT2D eigenvalue weighted by atomic mass is 9.80. The molecule has 0 saturated heterocycles. The van der Waals surface area contributed by atoms with Crippen LogP contribution in [0.3, 0.4) is 0 Å². The van der Waals surface area contributed by atoms with E-state index in [0.717, 1.165) is 13.1 Å². The van der Waals surface area contributed by atoms with Crippen molar-refractivity contribution in [3.8, 4) is 0 Å². The van der Waals surface area contributed by atoms with Gasteiger partial charge in [0.2, 0.25) is 0 Å². The summed E-state index contributed by atoms with van der Waals surface area (Å²) in [4.78, 5) is 2.37. The second-order valence-corrected chi connectivity index (χ2v) is 6.23. The monoisotopic (exact) mass is 261 g/mol. The molecule has 2 rings (SSSR count). The third-order valence-electron chi connectivity index (χ3n) is 4.40. The number of hydrogen-bond acceptors (Lipinski definition) is 2. The van der Waals surface area contributed by atoms with Crippen LogP contribution in [0.25, 0.3) is 0 Å². The maximum atomic E-state index is 9.85. The molecule has 106 valence electrons. The highest BCUT2D eigenvalue weighted by Gasteiger charge is 2.31. The highest BCUT2D eigenvalue weighted by Crippen LogP contribution is 2.35. The van der Waals surface area contributed by atoms with Crippen LogP contribution >= 0.6 is 0 Å². The van der Waals surface area contributed by atoms with E-state index in [1.54, 1.807) is 0 Å². The van der Waals surface area contributed by atoms with E-state index in [-0.39, 0.29) is 5.41 Å². The molecule has 19 heavy (non-hydrogen) atoms. The lowest BCUT2D eigenvalue weighted by Gasteiger charge is -2.35. The first-order valence-electron chi connectivity index (χ1n) is 7.57. The Morgan fingerprint density at radius 3 is 2.26 bits per heavy atom. The molecule has 1 saturated carbocycles. The average molecular weight is 261 g/mol. The van der Waals surface area contributed by atoms with Gasteiger partial charge in [0.15, 0.2) is 0 Å². The normalized spacial score (nSPS) is 19.3. The molecule has 2 nitrogen and oxygen atoms in total. The Balaban J connectivity index is 1.93. The fraction of sp³-hybridized carbons (Fsp3) is 0.647. The lowest BCUT2D eigenvalue weighted by Crippen LogP contribution is -2.38. The molecule has 1 aliphatic rings. The lowest BCUT2D eigenvalue weighted by molar-refractivity contribution is 0.0663. The number of hydrogen-bond donors (Lipinski definition) is 1. The standard InChI is InChI=1S/C17H27NO/c1-18(13-16-9-5-4-6-10-16)14-17(15-19)11-7-2-3-8-12-17/h4-6,9-10,19H,2-3,7-8,11-15H2,1H3. The van der Waals surface area contributed by atoms with Gasteiger partial charge in [0.05, 0.1) is 0 Å². The van der Waals surface area contributed by atoms with Gasteiger partial charge in [-0.3, -0.25) is 0 Å². The Kier molecular flexibility index (Phi) is 5.41. The topological polar surface area (TPSA) is 23.5 Å². The first-order chi connectivity index (χ1) is 9.24. The smallest absolute Gasteiger partial charge is 0.0499 e. The summed E-state index contributed by atoms with van der Waals surface area (Å²) in [5, 5.41) is 9.85.